The van der Waals surface area contributed by atoms with E-state index >= 15 is 0 Å². The van der Waals surface area contributed by atoms with Crippen molar-refractivity contribution >= 4 is 17.6 Å². The van der Waals surface area contributed by atoms with Gasteiger partial charge in [-0.3, -0.25) is 14.4 Å². The molecule has 138 valence electrons. The van der Waals surface area contributed by atoms with E-state index in [0.29, 0.717) is 32.0 Å². The first kappa shape index (κ1) is 17.3. The summed E-state index contributed by atoms with van der Waals surface area (Å²) in [5.74, 6) is 0.277. The fourth-order valence-corrected chi connectivity index (χ4v) is 5.02. The van der Waals surface area contributed by atoms with Crippen LogP contribution in [0.4, 0.5) is 0 Å². The molecule has 3 fully saturated rings. The zero-order chi connectivity index (χ0) is 18.5. The number of hydrogen-bond donors (Lipinski definition) is 0. The fourth-order valence-electron chi connectivity index (χ4n) is 5.02. The molecule has 0 aromatic heterocycles. The van der Waals surface area contributed by atoms with Gasteiger partial charge < -0.3 is 9.80 Å². The quantitative estimate of drug-likeness (QED) is 0.837. The van der Waals surface area contributed by atoms with Crippen molar-refractivity contribution in [2.24, 2.45) is 17.8 Å². The van der Waals surface area contributed by atoms with E-state index in [1.54, 1.807) is 4.90 Å². The van der Waals surface area contributed by atoms with E-state index in [2.05, 4.69) is 0 Å². The molecule has 0 radical (unpaired) electrons. The van der Waals surface area contributed by atoms with Gasteiger partial charge in [0.15, 0.2) is 0 Å². The molecular formula is C21H26N2O3. The highest BCUT2D eigenvalue weighted by molar-refractivity contribution is 5.96. The number of benzene rings is 1. The van der Waals surface area contributed by atoms with Crippen molar-refractivity contribution in [3.05, 3.63) is 35.9 Å². The third-order valence-electron chi connectivity index (χ3n) is 6.44. The summed E-state index contributed by atoms with van der Waals surface area (Å²) >= 11 is 0. The molecule has 2 aliphatic carbocycles. The van der Waals surface area contributed by atoms with Crippen LogP contribution in [0.3, 0.4) is 0 Å². The average molecular weight is 354 g/mol. The molecule has 0 N–H and O–H groups in total. The Morgan fingerprint density at radius 2 is 1.85 bits per heavy atom. The lowest BCUT2D eigenvalue weighted by Crippen LogP contribution is -2.65. The standard InChI is InChI=1S/C21H26N2O3/c1-21(2)20(26)22(13-14-6-4-3-5-7-14)8-9-23(21)19(25)17-11-15-10-16(17)18(24)12-15/h3-7,15-17H,8-13H2,1-2H3/t15-,16+,17?/m0/s1. The number of fused-ring (bicyclic) bond motifs is 2. The summed E-state index contributed by atoms with van der Waals surface area (Å²) in [6, 6.07) is 9.92. The SMILES string of the molecule is CC1(C)C(=O)N(Cc2ccccc2)CCN1C(=O)C1C[C@H]2CC(=O)[C@@H]1C2. The molecule has 3 atom stereocenters. The predicted octanol–water partition coefficient (Wildman–Crippen LogP) is 2.25. The molecule has 2 bridgehead atoms. The van der Waals surface area contributed by atoms with Crippen LogP contribution in [0, 0.1) is 17.8 Å². The fraction of sp³-hybridized carbons (Fsp3) is 0.571. The van der Waals surface area contributed by atoms with Crippen LogP contribution in [0.1, 0.15) is 38.7 Å². The van der Waals surface area contributed by atoms with Crippen molar-refractivity contribution in [1.82, 2.24) is 9.80 Å². The van der Waals surface area contributed by atoms with Crippen LogP contribution in [0.25, 0.3) is 0 Å². The highest BCUT2D eigenvalue weighted by Crippen LogP contribution is 2.47. The number of Topliss-reactive ketones (excluding diaryl/α,β-unsaturated/α-hetero) is 1. The Morgan fingerprint density at radius 1 is 1.12 bits per heavy atom. The van der Waals surface area contributed by atoms with Gasteiger partial charge in [-0.1, -0.05) is 30.3 Å². The van der Waals surface area contributed by atoms with Crippen LogP contribution >= 0.6 is 0 Å². The number of hydrogen-bond acceptors (Lipinski definition) is 3. The van der Waals surface area contributed by atoms with Gasteiger partial charge in [0.05, 0.1) is 0 Å². The Hall–Kier alpha value is -2.17. The van der Waals surface area contributed by atoms with Gasteiger partial charge >= 0.3 is 0 Å². The van der Waals surface area contributed by atoms with Gasteiger partial charge in [-0.25, -0.2) is 0 Å². The largest absolute Gasteiger partial charge is 0.335 e. The third kappa shape index (κ3) is 2.74. The van der Waals surface area contributed by atoms with E-state index in [-0.39, 0.29) is 29.4 Å². The minimum Gasteiger partial charge on any atom is -0.335 e. The van der Waals surface area contributed by atoms with Crippen molar-refractivity contribution in [3.8, 4) is 0 Å². The van der Waals surface area contributed by atoms with E-state index in [9.17, 15) is 14.4 Å². The Balaban J connectivity index is 1.49. The summed E-state index contributed by atoms with van der Waals surface area (Å²) in [5.41, 5.74) is 0.227. The van der Waals surface area contributed by atoms with Crippen molar-refractivity contribution in [3.63, 3.8) is 0 Å². The zero-order valence-electron chi connectivity index (χ0n) is 15.5. The van der Waals surface area contributed by atoms with Crippen LogP contribution in [-0.4, -0.2) is 46.0 Å². The van der Waals surface area contributed by atoms with E-state index in [1.165, 1.54) is 0 Å². The minimum absolute atomic E-state index is 0.00302. The molecule has 1 aromatic carbocycles. The highest BCUT2D eigenvalue weighted by atomic mass is 16.2. The molecule has 1 aliphatic heterocycles. The molecule has 5 heteroatoms. The third-order valence-corrected chi connectivity index (χ3v) is 6.44. The van der Waals surface area contributed by atoms with Gasteiger partial charge in [-0.15, -0.1) is 0 Å². The molecule has 3 aliphatic rings. The van der Waals surface area contributed by atoms with Crippen molar-refractivity contribution in [1.29, 1.82) is 0 Å². The van der Waals surface area contributed by atoms with Gasteiger partial charge in [-0.05, 0) is 38.2 Å². The molecule has 4 rings (SSSR count). The average Bonchev–Trinajstić information content (AvgIpc) is 3.19. The summed E-state index contributed by atoms with van der Waals surface area (Å²) in [5, 5.41) is 0. The minimum atomic E-state index is -0.866. The highest BCUT2D eigenvalue weighted by Gasteiger charge is 2.53. The summed E-state index contributed by atoms with van der Waals surface area (Å²) < 4.78 is 0. The molecule has 1 saturated heterocycles. The van der Waals surface area contributed by atoms with Crippen molar-refractivity contribution in [2.75, 3.05) is 13.1 Å². The Bertz CT molecular complexity index is 743. The van der Waals surface area contributed by atoms with E-state index < -0.39 is 5.54 Å². The van der Waals surface area contributed by atoms with Crippen LogP contribution in [0.15, 0.2) is 30.3 Å². The number of ketones is 1. The van der Waals surface area contributed by atoms with Crippen molar-refractivity contribution < 1.29 is 14.4 Å². The topological polar surface area (TPSA) is 57.7 Å². The van der Waals surface area contributed by atoms with Gasteiger partial charge in [0.25, 0.3) is 0 Å². The maximum atomic E-state index is 13.2. The summed E-state index contributed by atoms with van der Waals surface area (Å²) in [4.78, 5) is 41.9. The number of amides is 2. The van der Waals surface area contributed by atoms with E-state index in [0.717, 1.165) is 18.4 Å². The van der Waals surface area contributed by atoms with Gasteiger partial charge in [0.2, 0.25) is 11.8 Å². The monoisotopic (exact) mass is 354 g/mol. The second-order valence-electron chi connectivity index (χ2n) is 8.48. The summed E-state index contributed by atoms with van der Waals surface area (Å²) in [6.07, 6.45) is 2.31. The number of rotatable bonds is 3. The first-order chi connectivity index (χ1) is 12.4. The number of carbonyl (C=O) groups is 3. The maximum absolute atomic E-state index is 13.2. The lowest BCUT2D eigenvalue weighted by molar-refractivity contribution is -0.162. The van der Waals surface area contributed by atoms with E-state index in [1.807, 2.05) is 49.1 Å². The second kappa shape index (κ2) is 6.22. The van der Waals surface area contributed by atoms with Crippen molar-refractivity contribution in [2.45, 2.75) is 45.2 Å². The predicted molar refractivity (Wildman–Crippen MR) is 97.0 cm³/mol. The molecule has 0 spiro atoms. The van der Waals surface area contributed by atoms with Crippen LogP contribution in [-0.2, 0) is 20.9 Å². The Morgan fingerprint density at radius 3 is 2.50 bits per heavy atom. The molecule has 1 heterocycles. The summed E-state index contributed by atoms with van der Waals surface area (Å²) in [6.45, 7) is 5.31. The zero-order valence-corrected chi connectivity index (χ0v) is 15.5. The maximum Gasteiger partial charge on any atom is 0.248 e. The van der Waals surface area contributed by atoms with Crippen LogP contribution in [0.5, 0.6) is 0 Å². The van der Waals surface area contributed by atoms with Crippen LogP contribution < -0.4 is 0 Å². The normalized spacial score (nSPS) is 30.2. The number of nitrogens with zero attached hydrogens (tertiary/aromatic N) is 2. The lowest BCUT2D eigenvalue weighted by Gasteiger charge is -2.47. The molecule has 26 heavy (non-hydrogen) atoms. The Kier molecular flexibility index (Phi) is 4.13. The molecule has 5 nitrogen and oxygen atoms in total. The van der Waals surface area contributed by atoms with Crippen LogP contribution in [0.2, 0.25) is 0 Å². The van der Waals surface area contributed by atoms with Gasteiger partial charge in [0.1, 0.15) is 11.3 Å². The molecule has 1 unspecified atom stereocenters. The molecule has 2 saturated carbocycles. The van der Waals surface area contributed by atoms with Gasteiger partial charge in [-0.2, -0.15) is 0 Å². The number of carbonyl (C=O) groups excluding carboxylic acids is 3. The first-order valence-electron chi connectivity index (χ1n) is 9.55. The number of piperazine rings is 1. The smallest absolute Gasteiger partial charge is 0.248 e. The molecule has 1 aromatic rings. The van der Waals surface area contributed by atoms with Gasteiger partial charge in [0, 0.05) is 37.9 Å². The lowest BCUT2D eigenvalue weighted by atomic mass is 9.85. The Labute approximate surface area is 154 Å². The van der Waals surface area contributed by atoms with E-state index in [4.69, 9.17) is 0 Å². The summed E-state index contributed by atoms with van der Waals surface area (Å²) in [7, 11) is 0. The first-order valence-corrected chi connectivity index (χ1v) is 9.55. The molecular weight excluding hydrogens is 328 g/mol. The second-order valence-corrected chi connectivity index (χ2v) is 8.48. The molecule has 2 amide bonds.